The Bertz CT molecular complexity index is 320. The molecule has 1 aromatic rings. The van der Waals surface area contributed by atoms with Gasteiger partial charge < -0.3 is 0 Å². The number of hydrogen-bond donors (Lipinski definition) is 0. The molecule has 0 aliphatic carbocycles. The molecule has 0 atom stereocenters. The molecule has 0 unspecified atom stereocenters. The lowest BCUT2D eigenvalue weighted by atomic mass is 9.94. The topological polar surface area (TPSA) is 0 Å². The predicted molar refractivity (Wildman–Crippen MR) is 59.5 cm³/mol. The van der Waals surface area contributed by atoms with Gasteiger partial charge in [0.2, 0.25) is 0 Å². The average Bonchev–Trinajstić information content (AvgIpc) is 2.17. The van der Waals surface area contributed by atoms with Crippen molar-refractivity contribution in [2.45, 2.75) is 0 Å². The lowest BCUT2D eigenvalue weighted by Gasteiger charge is -1.91. The third-order valence-electron chi connectivity index (χ3n) is 1.58. The molecule has 0 nitrogen and oxygen atoms in total. The fourth-order valence-electron chi connectivity index (χ4n) is 0.948. The first-order valence-electron chi connectivity index (χ1n) is 4.14. The monoisotopic (exact) mass is 166 g/mol. The summed E-state index contributed by atoms with van der Waals surface area (Å²) < 4.78 is 0. The van der Waals surface area contributed by atoms with Crippen LogP contribution in [-0.2, 0) is 0 Å². The molecule has 0 aliphatic heterocycles. The first-order valence-corrected chi connectivity index (χ1v) is 4.14. The smallest absolute Gasteiger partial charge is 0.0991 e. The van der Waals surface area contributed by atoms with Crippen LogP contribution in [0.2, 0.25) is 0 Å². The van der Waals surface area contributed by atoms with E-state index in [0.717, 1.165) is 5.56 Å². The van der Waals surface area contributed by atoms with Crippen molar-refractivity contribution in [3.63, 3.8) is 0 Å². The van der Waals surface area contributed by atoms with Crippen molar-refractivity contribution >= 4 is 13.9 Å². The maximum atomic E-state index is 5.64. The Hall–Kier alpha value is -1.50. The zero-order valence-corrected chi connectivity index (χ0v) is 7.48. The molecule has 0 aliphatic rings. The molecule has 1 aromatic carbocycles. The molecule has 0 N–H and O–H groups in total. The Morgan fingerprint density at radius 1 is 1.23 bits per heavy atom. The van der Waals surface area contributed by atoms with E-state index < -0.39 is 0 Å². The Kier molecular flexibility index (Phi) is 3.84. The molecule has 62 valence electrons. The first-order chi connectivity index (χ1) is 6.33. The molecule has 0 amide bonds. The second-order valence-electron chi connectivity index (χ2n) is 2.65. The van der Waals surface area contributed by atoms with Crippen LogP contribution in [0.15, 0.2) is 60.6 Å². The summed E-state index contributed by atoms with van der Waals surface area (Å²) in [4.78, 5) is 0. The van der Waals surface area contributed by atoms with E-state index in [4.69, 9.17) is 7.85 Å². The van der Waals surface area contributed by atoms with Crippen LogP contribution in [0.3, 0.4) is 0 Å². The van der Waals surface area contributed by atoms with Crippen LogP contribution in [0.25, 0.3) is 6.08 Å². The van der Waals surface area contributed by atoms with Gasteiger partial charge in [-0.2, -0.15) is 0 Å². The molecule has 1 heteroatoms. The Morgan fingerprint density at radius 3 is 2.54 bits per heavy atom. The van der Waals surface area contributed by atoms with E-state index in [9.17, 15) is 0 Å². The summed E-state index contributed by atoms with van der Waals surface area (Å²) >= 11 is 0. The number of hydrogen-bond acceptors (Lipinski definition) is 0. The Labute approximate surface area is 80.7 Å². The lowest BCUT2D eigenvalue weighted by Crippen LogP contribution is -1.74. The van der Waals surface area contributed by atoms with Crippen molar-refractivity contribution < 1.29 is 0 Å². The van der Waals surface area contributed by atoms with E-state index in [1.54, 1.807) is 12.2 Å². The minimum absolute atomic E-state index is 0.707. The van der Waals surface area contributed by atoms with Crippen molar-refractivity contribution in [3.8, 4) is 0 Å². The van der Waals surface area contributed by atoms with Crippen LogP contribution in [0.4, 0.5) is 0 Å². The molecule has 0 saturated carbocycles. The number of rotatable bonds is 3. The number of benzene rings is 1. The highest BCUT2D eigenvalue weighted by Crippen LogP contribution is 2.02. The van der Waals surface area contributed by atoms with Gasteiger partial charge in [-0.15, -0.1) is 0 Å². The largest absolute Gasteiger partial charge is 0.113 e. The van der Waals surface area contributed by atoms with Crippen molar-refractivity contribution in [1.82, 2.24) is 0 Å². The van der Waals surface area contributed by atoms with Gasteiger partial charge in [0, 0.05) is 0 Å². The first kappa shape index (κ1) is 9.59. The highest BCUT2D eigenvalue weighted by atomic mass is 13.9. The fourth-order valence-corrected chi connectivity index (χ4v) is 0.948. The highest BCUT2D eigenvalue weighted by Gasteiger charge is 1.82. The predicted octanol–water partition coefficient (Wildman–Crippen LogP) is 2.94. The molecule has 2 radical (unpaired) electrons. The van der Waals surface area contributed by atoms with Crippen LogP contribution < -0.4 is 0 Å². The van der Waals surface area contributed by atoms with Crippen LogP contribution >= 0.6 is 0 Å². The normalized spacial score (nSPS) is 11.8. The Morgan fingerprint density at radius 2 is 1.92 bits per heavy atom. The summed E-state index contributed by atoms with van der Waals surface area (Å²) in [5.41, 5.74) is 1.85. The van der Waals surface area contributed by atoms with E-state index in [0.29, 0.717) is 5.47 Å². The van der Waals surface area contributed by atoms with E-state index in [1.807, 2.05) is 42.5 Å². The summed E-state index contributed by atoms with van der Waals surface area (Å²) in [6.07, 6.45) is 7.26. The van der Waals surface area contributed by atoms with Gasteiger partial charge >= 0.3 is 0 Å². The van der Waals surface area contributed by atoms with Gasteiger partial charge in [-0.05, 0) is 5.56 Å². The summed E-state index contributed by atoms with van der Waals surface area (Å²) in [5, 5.41) is 0. The summed E-state index contributed by atoms with van der Waals surface area (Å²) in [6.45, 7) is 3.57. The Balaban J connectivity index is 2.69. The maximum absolute atomic E-state index is 5.64. The SMILES string of the molecule is [B]C(=C/C=C)/C=C/c1ccccc1. The maximum Gasteiger partial charge on any atom is 0.113 e. The molecule has 1 rings (SSSR count). The third-order valence-corrected chi connectivity index (χ3v) is 1.58. The van der Waals surface area contributed by atoms with Crippen LogP contribution in [0, 0.1) is 0 Å². The zero-order chi connectivity index (χ0) is 9.52. The molecular weight excluding hydrogens is 155 g/mol. The molecule has 0 bridgehead atoms. The van der Waals surface area contributed by atoms with E-state index in [-0.39, 0.29) is 0 Å². The fraction of sp³-hybridized carbons (Fsp3) is 0. The summed E-state index contributed by atoms with van der Waals surface area (Å²) in [6, 6.07) is 10.0. The standard InChI is InChI=1S/C12H11B/c1-2-6-12(13)10-9-11-7-4-3-5-8-11/h2-10H,1H2/b10-9+,12-6+. The van der Waals surface area contributed by atoms with Crippen LogP contribution in [0.1, 0.15) is 5.56 Å². The third kappa shape index (κ3) is 3.61. The molecule has 0 aromatic heterocycles. The van der Waals surface area contributed by atoms with E-state index in [2.05, 4.69) is 6.58 Å². The second kappa shape index (κ2) is 5.20. The van der Waals surface area contributed by atoms with E-state index >= 15 is 0 Å². The molecule has 0 heterocycles. The highest BCUT2D eigenvalue weighted by molar-refractivity contribution is 6.23. The molecule has 0 saturated heterocycles. The van der Waals surface area contributed by atoms with Crippen molar-refractivity contribution in [2.24, 2.45) is 0 Å². The van der Waals surface area contributed by atoms with Gasteiger partial charge in [-0.1, -0.05) is 66.7 Å². The van der Waals surface area contributed by atoms with Crippen molar-refractivity contribution in [3.05, 3.63) is 66.2 Å². The molecule has 0 spiro atoms. The summed E-state index contributed by atoms with van der Waals surface area (Å²) in [7, 11) is 5.64. The molecule has 13 heavy (non-hydrogen) atoms. The minimum Gasteiger partial charge on any atom is -0.0991 e. The zero-order valence-electron chi connectivity index (χ0n) is 7.48. The van der Waals surface area contributed by atoms with Crippen LogP contribution in [-0.4, -0.2) is 7.85 Å². The van der Waals surface area contributed by atoms with Gasteiger partial charge in [-0.25, -0.2) is 0 Å². The van der Waals surface area contributed by atoms with Crippen molar-refractivity contribution in [2.75, 3.05) is 0 Å². The minimum atomic E-state index is 0.707. The van der Waals surface area contributed by atoms with E-state index in [1.165, 1.54) is 0 Å². The number of allylic oxidation sites excluding steroid dienone is 4. The van der Waals surface area contributed by atoms with Crippen molar-refractivity contribution in [1.29, 1.82) is 0 Å². The lowest BCUT2D eigenvalue weighted by molar-refractivity contribution is 1.66. The van der Waals surface area contributed by atoms with Gasteiger partial charge in [-0.3, -0.25) is 0 Å². The second-order valence-corrected chi connectivity index (χ2v) is 2.65. The average molecular weight is 166 g/mol. The van der Waals surface area contributed by atoms with Crippen LogP contribution in [0.5, 0.6) is 0 Å². The van der Waals surface area contributed by atoms with Gasteiger partial charge in [0.25, 0.3) is 0 Å². The van der Waals surface area contributed by atoms with Gasteiger partial charge in [0.05, 0.1) is 0 Å². The van der Waals surface area contributed by atoms with Gasteiger partial charge in [0.15, 0.2) is 0 Å². The molecule has 0 fully saturated rings. The molecular formula is C12H11B. The van der Waals surface area contributed by atoms with Gasteiger partial charge in [0.1, 0.15) is 7.85 Å². The summed E-state index contributed by atoms with van der Waals surface area (Å²) in [5.74, 6) is 0. The quantitative estimate of drug-likeness (QED) is 0.478.